The summed E-state index contributed by atoms with van der Waals surface area (Å²) in [5, 5.41) is 18.8. The summed E-state index contributed by atoms with van der Waals surface area (Å²) in [7, 11) is -3.87. The molecule has 262 valence electrons. The lowest BCUT2D eigenvalue weighted by Crippen LogP contribution is -2.57. The van der Waals surface area contributed by atoms with Crippen molar-refractivity contribution in [2.24, 2.45) is 0 Å². The van der Waals surface area contributed by atoms with Gasteiger partial charge >= 0.3 is 6.09 Å². The summed E-state index contributed by atoms with van der Waals surface area (Å²) in [6.45, 7) is 6.79. The van der Waals surface area contributed by atoms with E-state index in [9.17, 15) is 31.9 Å². The van der Waals surface area contributed by atoms with Crippen molar-refractivity contribution in [3.05, 3.63) is 70.8 Å². The summed E-state index contributed by atoms with van der Waals surface area (Å²) >= 11 is 0. The molecule has 0 spiro atoms. The molecule has 2 amide bonds. The van der Waals surface area contributed by atoms with Gasteiger partial charge in [-0.2, -0.15) is 0 Å². The van der Waals surface area contributed by atoms with Crippen LogP contribution in [0.4, 0.5) is 13.6 Å². The van der Waals surface area contributed by atoms with E-state index in [1.54, 1.807) is 0 Å². The second-order valence-corrected chi connectivity index (χ2v) is 14.4. The Bertz CT molecular complexity index is 1380. The summed E-state index contributed by atoms with van der Waals surface area (Å²) < 4.78 is 65.8. The lowest BCUT2D eigenvalue weighted by molar-refractivity contribution is -0.124. The maximum atomic E-state index is 14.1. The molecule has 47 heavy (non-hydrogen) atoms. The standard InChI is InChI=1S/C34H49F2N3O7S/c1-4-8-29(9-5-2)47(43,44)22-31(39-34(42)46-28-12-13-45-21-28)33(41)38-30(17-25-15-26(35)18-27(36)16-25)32(40)20-37-19-24-11-7-10-23(6-3)14-24/h7,10-11,14-16,18,28-32,37,40H,4-6,8-9,12-13,17,19-22H2,1-3H3,(H,38,41)(H,39,42)/t28-,30-,31+,32+/m0/s1. The monoisotopic (exact) mass is 681 g/mol. The molecular weight excluding hydrogens is 632 g/mol. The maximum Gasteiger partial charge on any atom is 0.408 e. The highest BCUT2D eigenvalue weighted by molar-refractivity contribution is 7.92. The summed E-state index contributed by atoms with van der Waals surface area (Å²) in [6.07, 6.45) is 0.410. The molecule has 0 unspecified atom stereocenters. The zero-order chi connectivity index (χ0) is 34.4. The second kappa shape index (κ2) is 19.0. The fourth-order valence-corrected chi connectivity index (χ4v) is 7.81. The van der Waals surface area contributed by atoms with Gasteiger partial charge in [-0.05, 0) is 54.5 Å². The predicted octanol–water partition coefficient (Wildman–Crippen LogP) is 3.97. The van der Waals surface area contributed by atoms with Crippen LogP contribution in [0.25, 0.3) is 0 Å². The minimum absolute atomic E-state index is 0.00567. The zero-order valence-corrected chi connectivity index (χ0v) is 28.3. The molecule has 4 atom stereocenters. The van der Waals surface area contributed by atoms with Crippen LogP contribution >= 0.6 is 0 Å². The summed E-state index contributed by atoms with van der Waals surface area (Å²) in [5.74, 6) is -3.22. The molecule has 0 saturated carbocycles. The van der Waals surface area contributed by atoms with Crippen molar-refractivity contribution in [3.8, 4) is 0 Å². The second-order valence-electron chi connectivity index (χ2n) is 12.1. The highest BCUT2D eigenvalue weighted by Gasteiger charge is 2.35. The van der Waals surface area contributed by atoms with Gasteiger partial charge in [0.1, 0.15) is 23.8 Å². The van der Waals surface area contributed by atoms with Gasteiger partial charge in [-0.25, -0.2) is 22.0 Å². The molecule has 1 aliphatic heterocycles. The first-order valence-electron chi connectivity index (χ1n) is 16.4. The minimum atomic E-state index is -3.87. The van der Waals surface area contributed by atoms with E-state index in [4.69, 9.17) is 9.47 Å². The fraction of sp³-hybridized carbons (Fsp3) is 0.588. The number of alkyl carbamates (subject to hydrolysis) is 1. The van der Waals surface area contributed by atoms with Crippen molar-refractivity contribution in [1.82, 2.24) is 16.0 Å². The van der Waals surface area contributed by atoms with Gasteiger partial charge in [0.15, 0.2) is 9.84 Å². The number of ether oxygens (including phenoxy) is 2. The molecule has 0 bridgehead atoms. The number of carbonyl (C=O) groups excluding carboxylic acids is 2. The molecule has 2 aromatic rings. The van der Waals surface area contributed by atoms with E-state index in [0.717, 1.165) is 29.7 Å². The van der Waals surface area contributed by atoms with Crippen LogP contribution in [-0.4, -0.2) is 80.6 Å². The van der Waals surface area contributed by atoms with E-state index in [0.29, 0.717) is 51.3 Å². The fourth-order valence-electron chi connectivity index (χ4n) is 5.65. The van der Waals surface area contributed by atoms with Crippen LogP contribution in [0, 0.1) is 11.6 Å². The number of hydrogen-bond acceptors (Lipinski definition) is 8. The Morgan fingerprint density at radius 1 is 1.00 bits per heavy atom. The Morgan fingerprint density at radius 3 is 2.30 bits per heavy atom. The van der Waals surface area contributed by atoms with E-state index < -0.39 is 68.8 Å². The first kappa shape index (κ1) is 38.3. The molecule has 13 heteroatoms. The van der Waals surface area contributed by atoms with E-state index in [2.05, 4.69) is 16.0 Å². The molecule has 4 N–H and O–H groups in total. The molecule has 1 heterocycles. The number of sulfone groups is 1. The van der Waals surface area contributed by atoms with Crippen LogP contribution in [0.3, 0.4) is 0 Å². The summed E-state index contributed by atoms with van der Waals surface area (Å²) in [5.41, 5.74) is 2.31. The Kier molecular flexibility index (Phi) is 15.5. The number of rotatable bonds is 19. The lowest BCUT2D eigenvalue weighted by atomic mass is 10.00. The van der Waals surface area contributed by atoms with Crippen molar-refractivity contribution >= 4 is 21.8 Å². The number of amides is 2. The van der Waals surface area contributed by atoms with Crippen LogP contribution in [-0.2, 0) is 43.5 Å². The normalized spacial score (nSPS) is 16.9. The van der Waals surface area contributed by atoms with Crippen LogP contribution < -0.4 is 16.0 Å². The quantitative estimate of drug-likeness (QED) is 0.175. The van der Waals surface area contributed by atoms with Crippen LogP contribution in [0.2, 0.25) is 0 Å². The Morgan fingerprint density at radius 2 is 1.68 bits per heavy atom. The van der Waals surface area contributed by atoms with E-state index >= 15 is 0 Å². The highest BCUT2D eigenvalue weighted by atomic mass is 32.2. The molecule has 1 aliphatic rings. The van der Waals surface area contributed by atoms with Gasteiger partial charge in [0.25, 0.3) is 0 Å². The number of aliphatic hydroxyl groups excluding tert-OH is 1. The van der Waals surface area contributed by atoms with Crippen molar-refractivity contribution in [2.75, 3.05) is 25.5 Å². The first-order chi connectivity index (χ1) is 22.4. The predicted molar refractivity (Wildman–Crippen MR) is 176 cm³/mol. The minimum Gasteiger partial charge on any atom is -0.444 e. The summed E-state index contributed by atoms with van der Waals surface area (Å²) in [4.78, 5) is 26.6. The average molecular weight is 682 g/mol. The maximum absolute atomic E-state index is 14.1. The third-order valence-corrected chi connectivity index (χ3v) is 10.4. The van der Waals surface area contributed by atoms with Gasteiger partial charge in [-0.1, -0.05) is 57.9 Å². The number of nitrogens with one attached hydrogen (secondary N) is 3. The molecule has 0 radical (unpaired) electrons. The van der Waals surface area contributed by atoms with E-state index in [1.807, 2.05) is 45.0 Å². The number of hydrogen-bond donors (Lipinski definition) is 4. The molecule has 3 rings (SSSR count). The number of aryl methyl sites for hydroxylation is 1. The van der Waals surface area contributed by atoms with Crippen molar-refractivity contribution < 1.29 is 41.4 Å². The number of carbonyl (C=O) groups is 2. The number of benzene rings is 2. The number of aliphatic hydroxyl groups is 1. The van der Waals surface area contributed by atoms with Gasteiger partial charge in [-0.3, -0.25) is 4.79 Å². The third-order valence-electron chi connectivity index (χ3n) is 8.15. The topological polar surface area (TPSA) is 143 Å². The Balaban J connectivity index is 1.83. The van der Waals surface area contributed by atoms with Gasteiger partial charge in [-0.15, -0.1) is 0 Å². The van der Waals surface area contributed by atoms with Crippen molar-refractivity contribution in [3.63, 3.8) is 0 Å². The third kappa shape index (κ3) is 12.8. The molecule has 2 aromatic carbocycles. The molecule has 0 aromatic heterocycles. The average Bonchev–Trinajstić information content (AvgIpc) is 3.52. The largest absolute Gasteiger partial charge is 0.444 e. The van der Waals surface area contributed by atoms with Crippen molar-refractivity contribution in [2.45, 2.75) is 102 Å². The van der Waals surface area contributed by atoms with Gasteiger partial charge in [0.2, 0.25) is 5.91 Å². The molecular formula is C34H49F2N3O7S. The van der Waals surface area contributed by atoms with Gasteiger partial charge < -0.3 is 30.5 Å². The SMILES string of the molecule is CCCC(CCC)S(=O)(=O)C[C@@H](NC(=O)O[C@H]1CCOC1)C(=O)N[C@@H](Cc1cc(F)cc(F)c1)[C@H](O)CNCc1cccc(CC)c1. The molecule has 10 nitrogen and oxygen atoms in total. The van der Waals surface area contributed by atoms with Crippen LogP contribution in [0.15, 0.2) is 42.5 Å². The highest BCUT2D eigenvalue weighted by Crippen LogP contribution is 2.18. The van der Waals surface area contributed by atoms with E-state index in [1.165, 1.54) is 0 Å². The Hall–Kier alpha value is -3.13. The van der Waals surface area contributed by atoms with Crippen LogP contribution in [0.5, 0.6) is 0 Å². The molecule has 1 saturated heterocycles. The summed E-state index contributed by atoms with van der Waals surface area (Å²) in [6, 6.07) is 8.16. The molecule has 1 fully saturated rings. The van der Waals surface area contributed by atoms with Gasteiger partial charge in [0, 0.05) is 25.6 Å². The Labute approximate surface area is 276 Å². The smallest absolute Gasteiger partial charge is 0.408 e. The first-order valence-corrected chi connectivity index (χ1v) is 18.1. The zero-order valence-electron chi connectivity index (χ0n) is 27.5. The van der Waals surface area contributed by atoms with Gasteiger partial charge in [0.05, 0.1) is 36.4 Å². The van der Waals surface area contributed by atoms with E-state index in [-0.39, 0.29) is 25.1 Å². The van der Waals surface area contributed by atoms with Crippen LogP contribution in [0.1, 0.15) is 69.6 Å². The lowest BCUT2D eigenvalue weighted by Gasteiger charge is -2.28. The number of halogens is 2. The van der Waals surface area contributed by atoms with Crippen molar-refractivity contribution in [1.29, 1.82) is 0 Å². The molecule has 0 aliphatic carbocycles.